The van der Waals surface area contributed by atoms with E-state index in [4.69, 9.17) is 0 Å². The molecule has 0 radical (unpaired) electrons. The van der Waals surface area contributed by atoms with Gasteiger partial charge in [-0.1, -0.05) is 13.8 Å². The molecule has 2 atom stereocenters. The number of hydrogen-bond donors (Lipinski definition) is 3. The average molecular weight is 238 g/mol. The van der Waals surface area contributed by atoms with Crippen LogP contribution in [-0.4, -0.2) is 54.8 Å². The van der Waals surface area contributed by atoms with E-state index in [2.05, 4.69) is 4.72 Å². The molecule has 1 rings (SSSR count). The van der Waals surface area contributed by atoms with Gasteiger partial charge in [-0.25, -0.2) is 4.72 Å². The Labute approximate surface area is 90.1 Å². The fraction of sp³-hybridized carbons (Fsp3) is 1.00. The van der Waals surface area contributed by atoms with E-state index in [0.29, 0.717) is 6.54 Å². The third-order valence-electron chi connectivity index (χ3n) is 2.24. The Hall–Kier alpha value is -0.210. The van der Waals surface area contributed by atoms with Crippen molar-refractivity contribution in [3.8, 4) is 0 Å². The van der Waals surface area contributed by atoms with Crippen LogP contribution in [-0.2, 0) is 10.2 Å². The van der Waals surface area contributed by atoms with Crippen LogP contribution in [0.25, 0.3) is 0 Å². The van der Waals surface area contributed by atoms with E-state index in [0.717, 1.165) is 4.31 Å². The highest BCUT2D eigenvalue weighted by molar-refractivity contribution is 7.87. The number of aliphatic hydroxyl groups excluding tert-OH is 2. The average Bonchev–Trinajstić information content (AvgIpc) is 2.45. The van der Waals surface area contributed by atoms with Crippen molar-refractivity contribution in [3.63, 3.8) is 0 Å². The first-order valence-electron chi connectivity index (χ1n) is 4.94. The van der Waals surface area contributed by atoms with Crippen LogP contribution >= 0.6 is 0 Å². The van der Waals surface area contributed by atoms with Crippen molar-refractivity contribution in [1.29, 1.82) is 0 Å². The number of aliphatic hydroxyl groups is 2. The Kier molecular flexibility index (Phi) is 4.07. The van der Waals surface area contributed by atoms with Gasteiger partial charge in [-0.15, -0.1) is 0 Å². The van der Waals surface area contributed by atoms with Gasteiger partial charge in [0, 0.05) is 19.6 Å². The van der Waals surface area contributed by atoms with Gasteiger partial charge in [0.05, 0.1) is 12.2 Å². The van der Waals surface area contributed by atoms with Crippen LogP contribution in [0.3, 0.4) is 0 Å². The molecule has 0 aromatic heterocycles. The summed E-state index contributed by atoms with van der Waals surface area (Å²) in [6.45, 7) is 4.06. The molecule has 0 aliphatic carbocycles. The Morgan fingerprint density at radius 3 is 2.20 bits per heavy atom. The predicted molar refractivity (Wildman–Crippen MR) is 55.3 cm³/mol. The van der Waals surface area contributed by atoms with Crippen LogP contribution in [0, 0.1) is 5.92 Å². The Morgan fingerprint density at radius 2 is 1.80 bits per heavy atom. The zero-order chi connectivity index (χ0) is 11.6. The zero-order valence-corrected chi connectivity index (χ0v) is 9.74. The van der Waals surface area contributed by atoms with Gasteiger partial charge in [0.1, 0.15) is 0 Å². The maximum Gasteiger partial charge on any atom is 0.279 e. The van der Waals surface area contributed by atoms with E-state index in [1.165, 1.54) is 0 Å². The van der Waals surface area contributed by atoms with Gasteiger partial charge in [-0.3, -0.25) is 0 Å². The van der Waals surface area contributed by atoms with Crippen molar-refractivity contribution in [2.45, 2.75) is 26.1 Å². The van der Waals surface area contributed by atoms with Crippen molar-refractivity contribution in [2.24, 2.45) is 5.92 Å². The number of β-amino-alcohol motifs (C(OH)–C–C–N with tert-alkyl or cyclic N) is 2. The van der Waals surface area contributed by atoms with E-state index < -0.39 is 22.4 Å². The summed E-state index contributed by atoms with van der Waals surface area (Å²) in [6.07, 6.45) is -1.97. The smallest absolute Gasteiger partial charge is 0.279 e. The summed E-state index contributed by atoms with van der Waals surface area (Å²) in [6, 6.07) is 0. The van der Waals surface area contributed by atoms with E-state index in [1.54, 1.807) is 0 Å². The fourth-order valence-electron chi connectivity index (χ4n) is 1.29. The van der Waals surface area contributed by atoms with Gasteiger partial charge >= 0.3 is 0 Å². The van der Waals surface area contributed by atoms with Gasteiger partial charge in [0.25, 0.3) is 10.2 Å². The largest absolute Gasteiger partial charge is 0.389 e. The summed E-state index contributed by atoms with van der Waals surface area (Å²) in [4.78, 5) is 0. The maximum atomic E-state index is 11.6. The minimum absolute atomic E-state index is 0.0470. The van der Waals surface area contributed by atoms with E-state index in [1.807, 2.05) is 13.8 Å². The second kappa shape index (κ2) is 4.75. The summed E-state index contributed by atoms with van der Waals surface area (Å²) in [5.41, 5.74) is 0. The molecular weight excluding hydrogens is 220 g/mol. The van der Waals surface area contributed by atoms with Crippen LogP contribution in [0.2, 0.25) is 0 Å². The molecule has 90 valence electrons. The van der Waals surface area contributed by atoms with Crippen molar-refractivity contribution >= 4 is 10.2 Å². The molecule has 1 fully saturated rings. The lowest BCUT2D eigenvalue weighted by Gasteiger charge is -2.17. The Balaban J connectivity index is 2.56. The lowest BCUT2D eigenvalue weighted by Crippen LogP contribution is -2.41. The monoisotopic (exact) mass is 238 g/mol. The number of hydrogen-bond acceptors (Lipinski definition) is 4. The van der Waals surface area contributed by atoms with Crippen LogP contribution in [0.15, 0.2) is 0 Å². The zero-order valence-electron chi connectivity index (χ0n) is 8.92. The van der Waals surface area contributed by atoms with Gasteiger partial charge in [0.2, 0.25) is 0 Å². The highest BCUT2D eigenvalue weighted by Crippen LogP contribution is 2.13. The molecule has 0 spiro atoms. The van der Waals surface area contributed by atoms with Crippen molar-refractivity contribution in [3.05, 3.63) is 0 Å². The van der Waals surface area contributed by atoms with Crippen LogP contribution < -0.4 is 4.72 Å². The molecule has 1 saturated heterocycles. The third kappa shape index (κ3) is 3.39. The van der Waals surface area contributed by atoms with Crippen molar-refractivity contribution in [2.75, 3.05) is 19.6 Å². The number of nitrogens with one attached hydrogen (secondary N) is 1. The van der Waals surface area contributed by atoms with Gasteiger partial charge < -0.3 is 10.2 Å². The highest BCUT2D eigenvalue weighted by Gasteiger charge is 2.36. The highest BCUT2D eigenvalue weighted by atomic mass is 32.2. The van der Waals surface area contributed by atoms with E-state index >= 15 is 0 Å². The molecule has 1 aliphatic heterocycles. The lowest BCUT2D eigenvalue weighted by molar-refractivity contribution is 0.0572. The molecule has 1 heterocycles. The summed E-state index contributed by atoms with van der Waals surface area (Å²) < 4.78 is 26.7. The summed E-state index contributed by atoms with van der Waals surface area (Å²) in [5.74, 6) is 0.220. The molecule has 0 saturated carbocycles. The fourth-order valence-corrected chi connectivity index (χ4v) is 2.72. The topological polar surface area (TPSA) is 89.9 Å². The number of rotatable bonds is 4. The van der Waals surface area contributed by atoms with E-state index in [9.17, 15) is 18.6 Å². The molecule has 0 bridgehead atoms. The van der Waals surface area contributed by atoms with Crippen LogP contribution in [0.5, 0.6) is 0 Å². The lowest BCUT2D eigenvalue weighted by atomic mass is 10.2. The van der Waals surface area contributed by atoms with Crippen LogP contribution in [0.4, 0.5) is 0 Å². The Morgan fingerprint density at radius 1 is 1.33 bits per heavy atom. The normalized spacial score (nSPS) is 28.9. The standard InChI is InChI=1S/C8H18N2O4S/c1-6(2)3-9-15(13,14)10-4-7(11)8(12)5-10/h6-9,11-12H,3-5H2,1-2H3/t7-,8+. The van der Waals surface area contributed by atoms with Gasteiger partial charge in [0.15, 0.2) is 0 Å². The summed E-state index contributed by atoms with van der Waals surface area (Å²) in [5, 5.41) is 18.4. The first kappa shape index (κ1) is 12.9. The molecular formula is C8H18N2O4S. The maximum absolute atomic E-state index is 11.6. The minimum atomic E-state index is -3.56. The van der Waals surface area contributed by atoms with E-state index in [-0.39, 0.29) is 19.0 Å². The quantitative estimate of drug-likeness (QED) is 0.557. The molecule has 6 nitrogen and oxygen atoms in total. The molecule has 0 aromatic rings. The predicted octanol–water partition coefficient (Wildman–Crippen LogP) is -1.49. The molecule has 15 heavy (non-hydrogen) atoms. The first-order valence-corrected chi connectivity index (χ1v) is 6.38. The van der Waals surface area contributed by atoms with Crippen molar-refractivity contribution < 1.29 is 18.6 Å². The van der Waals surface area contributed by atoms with Crippen LogP contribution in [0.1, 0.15) is 13.8 Å². The second-order valence-corrected chi connectivity index (χ2v) is 5.95. The molecule has 0 aromatic carbocycles. The van der Waals surface area contributed by atoms with Gasteiger partial charge in [-0.2, -0.15) is 12.7 Å². The summed E-state index contributed by atoms with van der Waals surface area (Å²) >= 11 is 0. The minimum Gasteiger partial charge on any atom is -0.389 e. The SMILES string of the molecule is CC(C)CNS(=O)(=O)N1C[C@@H](O)[C@@H](O)C1. The second-order valence-electron chi connectivity index (χ2n) is 4.20. The molecule has 7 heteroatoms. The number of nitrogens with zero attached hydrogens (tertiary/aromatic N) is 1. The third-order valence-corrected chi connectivity index (χ3v) is 3.75. The Bertz CT molecular complexity index is 294. The molecule has 1 aliphatic rings. The molecule has 3 N–H and O–H groups in total. The summed E-state index contributed by atoms with van der Waals surface area (Å²) in [7, 11) is -3.56. The van der Waals surface area contributed by atoms with Gasteiger partial charge in [-0.05, 0) is 5.92 Å². The molecule has 0 amide bonds. The molecule has 0 unspecified atom stereocenters. The van der Waals surface area contributed by atoms with Crippen molar-refractivity contribution in [1.82, 2.24) is 9.03 Å². The first-order chi connectivity index (χ1) is 6.83.